The molecule has 0 amide bonds. The van der Waals surface area contributed by atoms with E-state index in [2.05, 4.69) is 33.4 Å². The molecule has 4 aromatic rings. The van der Waals surface area contributed by atoms with E-state index < -0.39 is 0 Å². The molecule has 3 aliphatic rings. The second kappa shape index (κ2) is 17.5. The molecule has 2 heterocycles. The minimum absolute atomic E-state index is 0.0139. The molecule has 1 aliphatic heterocycles. The zero-order valence-electron chi connectivity index (χ0n) is 29.8. The van der Waals surface area contributed by atoms with E-state index in [1.165, 1.54) is 11.8 Å². The molecule has 2 fully saturated rings. The number of benzene rings is 3. The third-order valence-electron chi connectivity index (χ3n) is 10.6. The third kappa shape index (κ3) is 9.09. The number of aliphatic hydroxyl groups excluding tert-OH is 2. The molecule has 3 N–H and O–H groups in total. The van der Waals surface area contributed by atoms with Gasteiger partial charge in [0.1, 0.15) is 36.0 Å². The van der Waals surface area contributed by atoms with Crippen LogP contribution in [0.25, 0.3) is 11.1 Å². The number of likely N-dealkylation sites (tertiary alicyclic amines) is 1. The van der Waals surface area contributed by atoms with Crippen LogP contribution >= 0.6 is 23.2 Å². The van der Waals surface area contributed by atoms with E-state index in [0.717, 1.165) is 98.8 Å². The summed E-state index contributed by atoms with van der Waals surface area (Å²) in [4.78, 5) is 6.55. The molecule has 1 saturated heterocycles. The Balaban J connectivity index is 1.06. The standard InChI is InChI=1S/C42H46Cl2N4O5/c43-35-20-29(25-47-36-8-3-9-37(36)50)40(52-26-28-19-27(22-45)23-46-24-28)21-41(35)53-38-12-11-32-31(5-1-6-33(32)38)34-7-2-10-39(42(34)44)51-18-4-15-48-16-13-30(49)14-17-48/h1-2,5-7,10,19-21,23-24,30,36-38,47,49-50H,3-4,8-9,11-18,25-26H2/t36-,37-,38-/m0/s1. The molecular weight excluding hydrogens is 711 g/mol. The van der Waals surface area contributed by atoms with Crippen LogP contribution in [0.1, 0.15) is 78.9 Å². The summed E-state index contributed by atoms with van der Waals surface area (Å²) in [5, 5.41) is 34.1. The second-order valence-corrected chi connectivity index (χ2v) is 15.1. The van der Waals surface area contributed by atoms with Crippen LogP contribution in [-0.4, -0.2) is 64.6 Å². The van der Waals surface area contributed by atoms with Gasteiger partial charge in [-0.3, -0.25) is 4.98 Å². The van der Waals surface area contributed by atoms with Gasteiger partial charge in [0.05, 0.1) is 34.4 Å². The van der Waals surface area contributed by atoms with E-state index in [9.17, 15) is 15.5 Å². The molecule has 7 rings (SSSR count). The zero-order valence-corrected chi connectivity index (χ0v) is 31.3. The van der Waals surface area contributed by atoms with Crippen LogP contribution in [0.15, 0.2) is 67.0 Å². The molecule has 2 aliphatic carbocycles. The Labute approximate surface area is 321 Å². The monoisotopic (exact) mass is 756 g/mol. The summed E-state index contributed by atoms with van der Waals surface area (Å²) in [6, 6.07) is 19.8. The number of rotatable bonds is 14. The zero-order chi connectivity index (χ0) is 36.7. The number of hydrogen-bond donors (Lipinski definition) is 3. The lowest BCUT2D eigenvalue weighted by atomic mass is 9.96. The molecule has 0 spiro atoms. The molecule has 9 nitrogen and oxygen atoms in total. The Morgan fingerprint density at radius 1 is 0.906 bits per heavy atom. The molecule has 53 heavy (non-hydrogen) atoms. The highest BCUT2D eigenvalue weighted by atomic mass is 35.5. The smallest absolute Gasteiger partial charge is 0.142 e. The largest absolute Gasteiger partial charge is 0.492 e. The van der Waals surface area contributed by atoms with Gasteiger partial charge in [0.2, 0.25) is 0 Å². The minimum Gasteiger partial charge on any atom is -0.492 e. The number of nitriles is 1. The van der Waals surface area contributed by atoms with Crippen molar-refractivity contribution >= 4 is 23.2 Å². The van der Waals surface area contributed by atoms with Crippen molar-refractivity contribution in [3.8, 4) is 34.4 Å². The lowest BCUT2D eigenvalue weighted by Crippen LogP contribution is -2.36. The molecule has 3 atom stereocenters. The van der Waals surface area contributed by atoms with Crippen LogP contribution < -0.4 is 19.5 Å². The molecule has 278 valence electrons. The summed E-state index contributed by atoms with van der Waals surface area (Å²) in [5.74, 6) is 1.80. The summed E-state index contributed by atoms with van der Waals surface area (Å²) in [6.45, 7) is 4.04. The van der Waals surface area contributed by atoms with E-state index in [0.29, 0.717) is 46.0 Å². The average Bonchev–Trinajstić information content (AvgIpc) is 3.79. The van der Waals surface area contributed by atoms with E-state index >= 15 is 0 Å². The molecule has 1 saturated carbocycles. The van der Waals surface area contributed by atoms with Crippen LogP contribution in [0, 0.1) is 11.3 Å². The third-order valence-corrected chi connectivity index (χ3v) is 11.3. The Bertz CT molecular complexity index is 1930. The normalized spacial score (nSPS) is 20.2. The van der Waals surface area contributed by atoms with Gasteiger partial charge in [-0.15, -0.1) is 0 Å². The minimum atomic E-state index is -0.374. The Hall–Kier alpha value is -3.88. The van der Waals surface area contributed by atoms with E-state index in [1.807, 2.05) is 36.4 Å². The summed E-state index contributed by atoms with van der Waals surface area (Å²) >= 11 is 13.9. The first kappa shape index (κ1) is 37.4. The predicted octanol–water partition coefficient (Wildman–Crippen LogP) is 7.80. The fourth-order valence-electron chi connectivity index (χ4n) is 7.73. The summed E-state index contributed by atoms with van der Waals surface area (Å²) in [7, 11) is 0. The van der Waals surface area contributed by atoms with Gasteiger partial charge in [-0.25, -0.2) is 0 Å². The number of halogens is 2. The second-order valence-electron chi connectivity index (χ2n) is 14.3. The maximum atomic E-state index is 10.4. The van der Waals surface area contributed by atoms with Crippen molar-refractivity contribution in [2.45, 2.75) is 88.9 Å². The number of piperidine rings is 1. The van der Waals surface area contributed by atoms with Crippen LogP contribution in [0.3, 0.4) is 0 Å². The Kier molecular flexibility index (Phi) is 12.4. The van der Waals surface area contributed by atoms with Crippen LogP contribution in [0.4, 0.5) is 0 Å². The number of aromatic nitrogens is 1. The van der Waals surface area contributed by atoms with Crippen LogP contribution in [0.2, 0.25) is 10.0 Å². The fourth-order valence-corrected chi connectivity index (χ4v) is 8.25. The molecule has 3 aromatic carbocycles. The number of fused-ring (bicyclic) bond motifs is 1. The van der Waals surface area contributed by atoms with Crippen molar-refractivity contribution in [3.63, 3.8) is 0 Å². The summed E-state index contributed by atoms with van der Waals surface area (Å²) in [6.07, 6.45) is 9.28. The molecular formula is C42H46Cl2N4O5. The number of hydrogen-bond acceptors (Lipinski definition) is 9. The van der Waals surface area contributed by atoms with Gasteiger partial charge in [-0.05, 0) is 86.3 Å². The topological polar surface area (TPSA) is 120 Å². The van der Waals surface area contributed by atoms with Gasteiger partial charge in [0.15, 0.2) is 0 Å². The molecule has 1 aromatic heterocycles. The first-order valence-corrected chi connectivity index (χ1v) is 19.4. The van der Waals surface area contributed by atoms with Crippen LogP contribution in [-0.2, 0) is 19.6 Å². The molecule has 0 radical (unpaired) electrons. The van der Waals surface area contributed by atoms with E-state index in [4.69, 9.17) is 37.4 Å². The molecule has 11 heteroatoms. The van der Waals surface area contributed by atoms with Crippen molar-refractivity contribution in [3.05, 3.63) is 105 Å². The van der Waals surface area contributed by atoms with Crippen molar-refractivity contribution in [1.29, 1.82) is 5.26 Å². The number of ether oxygens (including phenoxy) is 3. The van der Waals surface area contributed by atoms with E-state index in [-0.39, 0.29) is 31.0 Å². The first-order chi connectivity index (χ1) is 25.9. The van der Waals surface area contributed by atoms with E-state index in [1.54, 1.807) is 12.3 Å². The van der Waals surface area contributed by atoms with Crippen LogP contribution in [0.5, 0.6) is 17.2 Å². The highest BCUT2D eigenvalue weighted by Crippen LogP contribution is 2.45. The number of aliphatic hydroxyl groups is 2. The lowest BCUT2D eigenvalue weighted by Gasteiger charge is -2.29. The number of pyridine rings is 1. The van der Waals surface area contributed by atoms with Gasteiger partial charge in [0, 0.05) is 67.4 Å². The van der Waals surface area contributed by atoms with Gasteiger partial charge in [-0.1, -0.05) is 53.5 Å². The Morgan fingerprint density at radius 2 is 1.74 bits per heavy atom. The lowest BCUT2D eigenvalue weighted by molar-refractivity contribution is 0.0800. The quantitative estimate of drug-likeness (QED) is 0.111. The average molecular weight is 758 g/mol. The SMILES string of the molecule is N#Cc1cncc(COc2cc(O[C@H]3CCc4c(-c5cccc(OCCCN6CCC(O)CC6)c5Cl)cccc43)c(Cl)cc2CN[C@H]2CCC[C@@H]2O)c1. The fraction of sp³-hybridized carbons (Fsp3) is 0.429. The number of nitrogens with one attached hydrogen (secondary N) is 1. The van der Waals surface area contributed by atoms with Crippen molar-refractivity contribution in [1.82, 2.24) is 15.2 Å². The maximum absolute atomic E-state index is 10.4. The highest BCUT2D eigenvalue weighted by molar-refractivity contribution is 6.35. The predicted molar refractivity (Wildman–Crippen MR) is 206 cm³/mol. The van der Waals surface area contributed by atoms with Crippen molar-refractivity contribution in [2.75, 3.05) is 26.2 Å². The maximum Gasteiger partial charge on any atom is 0.142 e. The Morgan fingerprint density at radius 3 is 2.55 bits per heavy atom. The number of nitrogens with zero attached hydrogens (tertiary/aromatic N) is 3. The first-order valence-electron chi connectivity index (χ1n) is 18.7. The van der Waals surface area contributed by atoms with Crippen molar-refractivity contribution in [2.24, 2.45) is 0 Å². The summed E-state index contributed by atoms with van der Waals surface area (Å²) < 4.78 is 19.2. The van der Waals surface area contributed by atoms with Gasteiger partial charge < -0.3 is 34.6 Å². The van der Waals surface area contributed by atoms with Gasteiger partial charge in [0.25, 0.3) is 0 Å². The molecule has 0 unspecified atom stereocenters. The van der Waals surface area contributed by atoms with Gasteiger partial charge >= 0.3 is 0 Å². The summed E-state index contributed by atoms with van der Waals surface area (Å²) in [5.41, 5.74) is 6.37. The van der Waals surface area contributed by atoms with Gasteiger partial charge in [-0.2, -0.15) is 5.26 Å². The highest BCUT2D eigenvalue weighted by Gasteiger charge is 2.29. The van der Waals surface area contributed by atoms with Crippen molar-refractivity contribution < 1.29 is 24.4 Å². The molecule has 0 bridgehead atoms.